The van der Waals surface area contributed by atoms with Gasteiger partial charge in [0, 0.05) is 16.1 Å². The van der Waals surface area contributed by atoms with E-state index in [-0.39, 0.29) is 24.2 Å². The highest BCUT2D eigenvalue weighted by Crippen LogP contribution is 2.23. The molecule has 0 aliphatic heterocycles. The predicted octanol–water partition coefficient (Wildman–Crippen LogP) is 4.36. The molecule has 25 heavy (non-hydrogen) atoms. The fourth-order valence-electron chi connectivity index (χ4n) is 2.70. The first-order chi connectivity index (χ1) is 11.9. The summed E-state index contributed by atoms with van der Waals surface area (Å²) in [5, 5.41) is 3.66. The molecular weight excluding hydrogens is 338 g/mol. The van der Waals surface area contributed by atoms with Crippen molar-refractivity contribution in [2.75, 3.05) is 7.11 Å². The summed E-state index contributed by atoms with van der Waals surface area (Å²) in [5.41, 5.74) is 2.21. The lowest BCUT2D eigenvalue weighted by Gasteiger charge is -2.18. The quantitative estimate of drug-likeness (QED) is 0.747. The van der Waals surface area contributed by atoms with Gasteiger partial charge in [0.2, 0.25) is 5.91 Å². The molecule has 0 saturated carbocycles. The van der Waals surface area contributed by atoms with E-state index in [9.17, 15) is 9.59 Å². The van der Waals surface area contributed by atoms with Crippen molar-refractivity contribution in [2.24, 2.45) is 0 Å². The number of halogens is 1. The third-order valence-electron chi connectivity index (χ3n) is 4.03. The maximum absolute atomic E-state index is 12.5. The third kappa shape index (κ3) is 5.07. The first-order valence-corrected chi connectivity index (χ1v) is 8.55. The highest BCUT2D eigenvalue weighted by molar-refractivity contribution is 6.30. The van der Waals surface area contributed by atoms with E-state index in [1.165, 1.54) is 6.92 Å². The Labute approximate surface area is 153 Å². The molecule has 0 aliphatic carbocycles. The molecule has 0 fully saturated rings. The molecule has 0 aromatic heterocycles. The zero-order valence-corrected chi connectivity index (χ0v) is 15.4. The molecule has 0 saturated heterocycles. The second kappa shape index (κ2) is 8.67. The van der Waals surface area contributed by atoms with Crippen LogP contribution in [0.4, 0.5) is 0 Å². The molecule has 2 aromatic rings. The van der Waals surface area contributed by atoms with E-state index in [2.05, 4.69) is 5.32 Å². The van der Waals surface area contributed by atoms with Gasteiger partial charge in [-0.15, -0.1) is 0 Å². The number of hydrogen-bond donors (Lipinski definition) is 1. The van der Waals surface area contributed by atoms with Crippen LogP contribution >= 0.6 is 11.6 Å². The Kier molecular flexibility index (Phi) is 6.59. The third-order valence-corrected chi connectivity index (χ3v) is 4.27. The summed E-state index contributed by atoms with van der Waals surface area (Å²) < 4.78 is 5.30. The number of hydrogen-bond acceptors (Lipinski definition) is 3. The van der Waals surface area contributed by atoms with Gasteiger partial charge in [0.05, 0.1) is 19.6 Å². The molecule has 5 heteroatoms. The molecule has 0 spiro atoms. The monoisotopic (exact) mass is 359 g/mol. The Bertz CT molecular complexity index is 773. The average Bonchev–Trinajstić information content (AvgIpc) is 2.59. The van der Waals surface area contributed by atoms with Crippen molar-refractivity contribution in [2.45, 2.75) is 32.7 Å². The van der Waals surface area contributed by atoms with Crippen molar-refractivity contribution >= 4 is 23.3 Å². The van der Waals surface area contributed by atoms with E-state index >= 15 is 0 Å². The Morgan fingerprint density at radius 2 is 1.96 bits per heavy atom. The SMILES string of the molecule is CCC(NC(=O)Cc1cc(C(C)=O)ccc1OC)c1cccc(Cl)c1. The van der Waals surface area contributed by atoms with Gasteiger partial charge in [0.25, 0.3) is 0 Å². The van der Waals surface area contributed by atoms with Crippen molar-refractivity contribution in [1.82, 2.24) is 5.32 Å². The summed E-state index contributed by atoms with van der Waals surface area (Å²) in [6.45, 7) is 3.50. The van der Waals surface area contributed by atoms with Crippen LogP contribution in [0.25, 0.3) is 0 Å². The molecular formula is C20H22ClNO3. The van der Waals surface area contributed by atoms with E-state index in [4.69, 9.17) is 16.3 Å². The van der Waals surface area contributed by atoms with Crippen LogP contribution in [0.5, 0.6) is 5.75 Å². The highest BCUT2D eigenvalue weighted by atomic mass is 35.5. The molecule has 132 valence electrons. The largest absolute Gasteiger partial charge is 0.496 e. The Morgan fingerprint density at radius 1 is 1.20 bits per heavy atom. The van der Waals surface area contributed by atoms with Gasteiger partial charge in [-0.2, -0.15) is 0 Å². The minimum Gasteiger partial charge on any atom is -0.496 e. The Balaban J connectivity index is 2.16. The van der Waals surface area contributed by atoms with Gasteiger partial charge in [0.15, 0.2) is 5.78 Å². The van der Waals surface area contributed by atoms with Crippen LogP contribution in [0.2, 0.25) is 5.02 Å². The lowest BCUT2D eigenvalue weighted by molar-refractivity contribution is -0.121. The van der Waals surface area contributed by atoms with Gasteiger partial charge in [0.1, 0.15) is 5.75 Å². The molecule has 1 unspecified atom stereocenters. The molecule has 1 amide bonds. The van der Waals surface area contributed by atoms with Gasteiger partial charge < -0.3 is 10.1 Å². The van der Waals surface area contributed by atoms with Crippen molar-refractivity contribution in [1.29, 1.82) is 0 Å². The van der Waals surface area contributed by atoms with Crippen LogP contribution in [0.15, 0.2) is 42.5 Å². The molecule has 2 aromatic carbocycles. The van der Waals surface area contributed by atoms with Crippen molar-refractivity contribution < 1.29 is 14.3 Å². The average molecular weight is 360 g/mol. The van der Waals surface area contributed by atoms with E-state index in [1.54, 1.807) is 31.4 Å². The summed E-state index contributed by atoms with van der Waals surface area (Å²) in [5.74, 6) is 0.413. The number of carbonyl (C=O) groups excluding carboxylic acids is 2. The van der Waals surface area contributed by atoms with E-state index in [0.717, 1.165) is 12.0 Å². The maximum Gasteiger partial charge on any atom is 0.225 e. The van der Waals surface area contributed by atoms with Crippen LogP contribution in [0.1, 0.15) is 47.8 Å². The van der Waals surface area contributed by atoms with E-state index in [1.807, 2.05) is 25.1 Å². The van der Waals surface area contributed by atoms with Crippen LogP contribution < -0.4 is 10.1 Å². The molecule has 0 radical (unpaired) electrons. The zero-order valence-electron chi connectivity index (χ0n) is 14.6. The van der Waals surface area contributed by atoms with Crippen LogP contribution in [0.3, 0.4) is 0 Å². The topological polar surface area (TPSA) is 55.4 Å². The number of ketones is 1. The normalized spacial score (nSPS) is 11.7. The predicted molar refractivity (Wildman–Crippen MR) is 99.3 cm³/mol. The minimum atomic E-state index is -0.133. The Hall–Kier alpha value is -2.33. The smallest absolute Gasteiger partial charge is 0.225 e. The van der Waals surface area contributed by atoms with Crippen molar-refractivity contribution in [3.63, 3.8) is 0 Å². The maximum atomic E-state index is 12.5. The highest BCUT2D eigenvalue weighted by Gasteiger charge is 2.16. The van der Waals surface area contributed by atoms with E-state index < -0.39 is 0 Å². The van der Waals surface area contributed by atoms with Crippen LogP contribution in [-0.4, -0.2) is 18.8 Å². The molecule has 0 aliphatic rings. The number of ether oxygens (including phenoxy) is 1. The fraction of sp³-hybridized carbons (Fsp3) is 0.300. The lowest BCUT2D eigenvalue weighted by atomic mass is 10.0. The van der Waals surface area contributed by atoms with Crippen molar-refractivity contribution in [3.05, 3.63) is 64.2 Å². The number of methoxy groups -OCH3 is 1. The number of rotatable bonds is 7. The first kappa shape index (κ1) is 19.0. The molecule has 0 bridgehead atoms. The molecule has 1 N–H and O–H groups in total. The van der Waals surface area contributed by atoms with Crippen LogP contribution in [-0.2, 0) is 11.2 Å². The second-order valence-corrected chi connectivity index (χ2v) is 6.28. The molecule has 2 rings (SSSR count). The number of nitrogens with one attached hydrogen (secondary N) is 1. The summed E-state index contributed by atoms with van der Waals surface area (Å²) in [6.07, 6.45) is 0.887. The standard InChI is InChI=1S/C20H22ClNO3/c1-4-18(15-6-5-7-17(21)11-15)22-20(24)12-16-10-14(13(2)23)8-9-19(16)25-3/h5-11,18H,4,12H2,1-3H3,(H,22,24). The fourth-order valence-corrected chi connectivity index (χ4v) is 2.90. The number of amides is 1. The van der Waals surface area contributed by atoms with Crippen molar-refractivity contribution in [3.8, 4) is 5.75 Å². The number of benzene rings is 2. The van der Waals surface area contributed by atoms with E-state index in [0.29, 0.717) is 21.9 Å². The van der Waals surface area contributed by atoms with Crippen LogP contribution in [0, 0.1) is 0 Å². The lowest BCUT2D eigenvalue weighted by Crippen LogP contribution is -2.29. The van der Waals surface area contributed by atoms with Gasteiger partial charge in [-0.3, -0.25) is 9.59 Å². The van der Waals surface area contributed by atoms with Gasteiger partial charge in [-0.1, -0.05) is 30.7 Å². The molecule has 0 heterocycles. The second-order valence-electron chi connectivity index (χ2n) is 5.84. The number of carbonyl (C=O) groups is 2. The molecule has 1 atom stereocenters. The van der Waals surface area contributed by atoms with Gasteiger partial charge in [-0.25, -0.2) is 0 Å². The summed E-state index contributed by atoms with van der Waals surface area (Å²) in [6, 6.07) is 12.5. The van der Waals surface area contributed by atoms with Gasteiger partial charge >= 0.3 is 0 Å². The zero-order chi connectivity index (χ0) is 18.4. The number of Topliss-reactive ketones (excluding diaryl/α,β-unsaturated/α-hetero) is 1. The molecule has 4 nitrogen and oxygen atoms in total. The summed E-state index contributed by atoms with van der Waals surface area (Å²) in [7, 11) is 1.55. The summed E-state index contributed by atoms with van der Waals surface area (Å²) >= 11 is 6.04. The first-order valence-electron chi connectivity index (χ1n) is 8.17. The summed E-state index contributed by atoms with van der Waals surface area (Å²) in [4.78, 5) is 24.1. The van der Waals surface area contributed by atoms with Gasteiger partial charge in [-0.05, 0) is 49.2 Å². The Morgan fingerprint density at radius 3 is 2.56 bits per heavy atom. The minimum absolute atomic E-state index is 0.0466.